The summed E-state index contributed by atoms with van der Waals surface area (Å²) in [4.78, 5) is 16.2. The van der Waals surface area contributed by atoms with Crippen LogP contribution in [-0.4, -0.2) is 21.2 Å². The van der Waals surface area contributed by atoms with E-state index in [0.717, 1.165) is 21.7 Å². The van der Waals surface area contributed by atoms with Gasteiger partial charge in [-0.05, 0) is 35.4 Å². The van der Waals surface area contributed by atoms with Crippen molar-refractivity contribution in [1.29, 1.82) is 0 Å². The minimum Gasteiger partial charge on any atom is -0.308 e. The summed E-state index contributed by atoms with van der Waals surface area (Å²) in [6.07, 6.45) is 3.38. The van der Waals surface area contributed by atoms with Crippen molar-refractivity contribution < 1.29 is 4.79 Å². The maximum Gasteiger partial charge on any atom is 0.325 e. The van der Waals surface area contributed by atoms with Crippen LogP contribution in [0.1, 0.15) is 0 Å². The van der Waals surface area contributed by atoms with Gasteiger partial charge >= 0.3 is 6.03 Å². The molecule has 27 heavy (non-hydrogen) atoms. The van der Waals surface area contributed by atoms with Crippen LogP contribution in [0.15, 0.2) is 79.1 Å². The van der Waals surface area contributed by atoms with Gasteiger partial charge in [-0.1, -0.05) is 53.8 Å². The third-order valence-corrected chi connectivity index (χ3v) is 4.71. The minimum atomic E-state index is -0.361. The number of rotatable bonds is 4. The summed E-state index contributed by atoms with van der Waals surface area (Å²) in [6.45, 7) is 0. The zero-order valence-electron chi connectivity index (χ0n) is 14.2. The van der Waals surface area contributed by atoms with Crippen LogP contribution < -0.4 is 10.6 Å². The average molecular weight is 373 g/mol. The molecule has 0 bridgehead atoms. The van der Waals surface area contributed by atoms with Crippen LogP contribution in [0, 0.1) is 0 Å². The van der Waals surface area contributed by atoms with Crippen LogP contribution in [0.25, 0.3) is 21.7 Å². The molecule has 0 aliphatic rings. The summed E-state index contributed by atoms with van der Waals surface area (Å²) in [5.41, 5.74) is 3.83. The molecule has 0 aliphatic carbocycles. The lowest BCUT2D eigenvalue weighted by atomic mass is 10.1. The fourth-order valence-corrected chi connectivity index (χ4v) is 3.27. The Morgan fingerprint density at radius 1 is 0.741 bits per heavy atom. The molecule has 4 rings (SSSR count). The number of nitrogens with zero attached hydrogens (tertiary/aromatic N) is 3. The maximum absolute atomic E-state index is 12.2. The van der Waals surface area contributed by atoms with Crippen molar-refractivity contribution >= 4 is 28.2 Å². The van der Waals surface area contributed by atoms with E-state index in [0.29, 0.717) is 10.8 Å². The number of benzene rings is 2. The lowest BCUT2D eigenvalue weighted by Crippen LogP contribution is -2.19. The summed E-state index contributed by atoms with van der Waals surface area (Å²) in [7, 11) is 0. The Kier molecular flexibility index (Phi) is 4.84. The first-order valence-electron chi connectivity index (χ1n) is 8.25. The molecule has 0 radical (unpaired) electrons. The molecule has 0 saturated heterocycles. The number of carbonyl (C=O) groups excluding carboxylic acids is 1. The summed E-state index contributed by atoms with van der Waals surface area (Å²) in [5.74, 6) is 0. The smallest absolute Gasteiger partial charge is 0.308 e. The number of hydrogen-bond donors (Lipinski definition) is 2. The molecule has 4 aromatic rings. The first-order chi connectivity index (χ1) is 13.3. The maximum atomic E-state index is 12.2. The Balaban J connectivity index is 1.39. The molecule has 0 unspecified atom stereocenters. The second-order valence-electron chi connectivity index (χ2n) is 5.67. The molecule has 2 amide bonds. The largest absolute Gasteiger partial charge is 0.325 e. The van der Waals surface area contributed by atoms with E-state index in [-0.39, 0.29) is 6.03 Å². The quantitative estimate of drug-likeness (QED) is 0.533. The van der Waals surface area contributed by atoms with E-state index in [2.05, 4.69) is 25.8 Å². The van der Waals surface area contributed by atoms with Gasteiger partial charge < -0.3 is 5.32 Å². The van der Waals surface area contributed by atoms with E-state index in [1.54, 1.807) is 12.4 Å². The predicted molar refractivity (Wildman–Crippen MR) is 108 cm³/mol. The van der Waals surface area contributed by atoms with Gasteiger partial charge in [-0.25, -0.2) is 4.79 Å². The molecule has 0 atom stereocenters. The topological polar surface area (TPSA) is 79.8 Å². The molecule has 0 spiro atoms. The third kappa shape index (κ3) is 4.16. The van der Waals surface area contributed by atoms with Crippen LogP contribution in [-0.2, 0) is 0 Å². The van der Waals surface area contributed by atoms with Crippen molar-refractivity contribution in [3.63, 3.8) is 0 Å². The average Bonchev–Trinajstić information content (AvgIpc) is 3.18. The summed E-state index contributed by atoms with van der Waals surface area (Å²) in [5, 5.41) is 14.8. The van der Waals surface area contributed by atoms with Crippen molar-refractivity contribution in [3.8, 4) is 21.7 Å². The fourth-order valence-electron chi connectivity index (χ4n) is 2.52. The number of nitrogens with one attached hydrogen (secondary N) is 2. The van der Waals surface area contributed by atoms with E-state index in [1.807, 2.05) is 66.7 Å². The van der Waals surface area contributed by atoms with Gasteiger partial charge in [0, 0.05) is 23.6 Å². The zero-order valence-corrected chi connectivity index (χ0v) is 15.0. The third-order valence-electron chi connectivity index (χ3n) is 3.82. The molecule has 2 N–H and O–H groups in total. The standard InChI is InChI=1S/C20H15N5OS/c26-19(23-20-25-24-18(27-20)16-10-12-21-13-11-16)22-17-8-6-15(7-9-17)14-4-2-1-3-5-14/h1-13H,(H2,22,23,25,26). The molecule has 0 aliphatic heterocycles. The molecule has 0 saturated carbocycles. The van der Waals surface area contributed by atoms with Gasteiger partial charge in [-0.15, -0.1) is 10.2 Å². The number of amides is 2. The first kappa shape index (κ1) is 16.9. The fraction of sp³-hybridized carbons (Fsp3) is 0. The Bertz CT molecular complexity index is 1030. The lowest BCUT2D eigenvalue weighted by molar-refractivity contribution is 0.262. The van der Waals surface area contributed by atoms with Crippen molar-refractivity contribution in [1.82, 2.24) is 15.2 Å². The van der Waals surface area contributed by atoms with Gasteiger partial charge in [0.2, 0.25) is 5.13 Å². The van der Waals surface area contributed by atoms with Gasteiger partial charge in [-0.3, -0.25) is 10.3 Å². The summed E-state index contributed by atoms with van der Waals surface area (Å²) in [6, 6.07) is 21.1. The monoisotopic (exact) mass is 373 g/mol. The molecule has 7 heteroatoms. The Morgan fingerprint density at radius 3 is 2.19 bits per heavy atom. The number of pyridine rings is 1. The Morgan fingerprint density at radius 2 is 1.44 bits per heavy atom. The van der Waals surface area contributed by atoms with Gasteiger partial charge in [0.25, 0.3) is 0 Å². The van der Waals surface area contributed by atoms with E-state index in [9.17, 15) is 4.79 Å². The van der Waals surface area contributed by atoms with Gasteiger partial charge in [-0.2, -0.15) is 0 Å². The van der Waals surface area contributed by atoms with Crippen LogP contribution in [0.4, 0.5) is 15.6 Å². The van der Waals surface area contributed by atoms with Crippen LogP contribution in [0.3, 0.4) is 0 Å². The summed E-state index contributed by atoms with van der Waals surface area (Å²) >= 11 is 1.30. The highest BCUT2D eigenvalue weighted by molar-refractivity contribution is 7.18. The predicted octanol–water partition coefficient (Wildman–Crippen LogP) is 4.91. The molecule has 2 aromatic heterocycles. The Labute approximate surface area is 159 Å². The van der Waals surface area contributed by atoms with E-state index in [4.69, 9.17) is 0 Å². The number of hydrogen-bond acceptors (Lipinski definition) is 5. The highest BCUT2D eigenvalue weighted by Gasteiger charge is 2.10. The van der Waals surface area contributed by atoms with Gasteiger partial charge in [0.1, 0.15) is 5.01 Å². The minimum absolute atomic E-state index is 0.361. The number of urea groups is 1. The lowest BCUT2D eigenvalue weighted by Gasteiger charge is -2.06. The first-order valence-corrected chi connectivity index (χ1v) is 9.07. The highest BCUT2D eigenvalue weighted by Crippen LogP contribution is 2.26. The molecule has 0 fully saturated rings. The number of carbonyl (C=O) groups is 1. The van der Waals surface area contributed by atoms with Gasteiger partial charge in [0.05, 0.1) is 0 Å². The van der Waals surface area contributed by atoms with Crippen molar-refractivity contribution in [3.05, 3.63) is 79.1 Å². The van der Waals surface area contributed by atoms with E-state index in [1.165, 1.54) is 11.3 Å². The van der Waals surface area contributed by atoms with Crippen LogP contribution in [0.2, 0.25) is 0 Å². The normalized spacial score (nSPS) is 10.4. The second kappa shape index (κ2) is 7.76. The molecular formula is C20H15N5OS. The van der Waals surface area contributed by atoms with Crippen molar-refractivity contribution in [2.24, 2.45) is 0 Å². The van der Waals surface area contributed by atoms with E-state index >= 15 is 0 Å². The Hall–Kier alpha value is -3.58. The second-order valence-corrected chi connectivity index (χ2v) is 6.65. The van der Waals surface area contributed by atoms with E-state index < -0.39 is 0 Å². The SMILES string of the molecule is O=C(Nc1ccc(-c2ccccc2)cc1)Nc1nnc(-c2ccncc2)s1. The molecule has 6 nitrogen and oxygen atoms in total. The van der Waals surface area contributed by atoms with Crippen molar-refractivity contribution in [2.45, 2.75) is 0 Å². The van der Waals surface area contributed by atoms with Crippen LogP contribution in [0.5, 0.6) is 0 Å². The van der Waals surface area contributed by atoms with Gasteiger partial charge in [0.15, 0.2) is 0 Å². The van der Waals surface area contributed by atoms with Crippen LogP contribution >= 0.6 is 11.3 Å². The highest BCUT2D eigenvalue weighted by atomic mass is 32.1. The molecule has 132 valence electrons. The number of anilines is 2. The zero-order chi connectivity index (χ0) is 18.5. The summed E-state index contributed by atoms with van der Waals surface area (Å²) < 4.78 is 0. The molecule has 2 aromatic carbocycles. The number of aromatic nitrogens is 3. The molecular weight excluding hydrogens is 358 g/mol. The molecule has 2 heterocycles. The van der Waals surface area contributed by atoms with Crippen molar-refractivity contribution in [2.75, 3.05) is 10.6 Å².